The Morgan fingerprint density at radius 1 is 1.11 bits per heavy atom. The molecular weight excluding hydrogens is 465 g/mol. The maximum absolute atomic E-state index is 13.8. The lowest BCUT2D eigenvalue weighted by atomic mass is 10.1. The van der Waals surface area contributed by atoms with Crippen LogP contribution in [0.5, 0.6) is 17.2 Å². The number of hydrogen-bond donors (Lipinski definition) is 3. The number of amides is 3. The van der Waals surface area contributed by atoms with Gasteiger partial charge in [0.15, 0.2) is 17.5 Å². The van der Waals surface area contributed by atoms with Crippen LogP contribution in [0.25, 0.3) is 0 Å². The van der Waals surface area contributed by atoms with Crippen LogP contribution in [-0.2, 0) is 11.2 Å². The molecule has 3 N–H and O–H groups in total. The number of rotatable bonds is 4. The molecule has 1 aromatic heterocycles. The van der Waals surface area contributed by atoms with E-state index in [2.05, 4.69) is 20.9 Å². The van der Waals surface area contributed by atoms with Crippen molar-refractivity contribution in [3.8, 4) is 17.2 Å². The van der Waals surface area contributed by atoms with Crippen LogP contribution in [0.1, 0.15) is 23.5 Å². The number of nitrogens with one attached hydrogen (secondary N) is 3. The molecule has 3 amide bonds. The smallest absolute Gasteiger partial charge is 0.319 e. The molecule has 1 fully saturated rings. The number of carbonyl (C=O) groups excluding carboxylic acids is 2. The maximum Gasteiger partial charge on any atom is 0.319 e. The third kappa shape index (κ3) is 3.69. The second kappa shape index (κ2) is 7.90. The summed E-state index contributed by atoms with van der Waals surface area (Å²) >= 11 is 0. The number of aromatic nitrogens is 1. The largest absolute Gasteiger partial charge is 0.487 e. The van der Waals surface area contributed by atoms with Gasteiger partial charge >= 0.3 is 6.03 Å². The number of pyridine rings is 1. The van der Waals surface area contributed by atoms with E-state index in [9.17, 15) is 22.8 Å². The summed E-state index contributed by atoms with van der Waals surface area (Å²) in [6.45, 7) is 0. The molecule has 1 saturated carbocycles. The van der Waals surface area contributed by atoms with Crippen molar-refractivity contribution >= 4 is 23.4 Å². The van der Waals surface area contributed by atoms with E-state index in [0.717, 1.165) is 23.3 Å². The zero-order valence-electron chi connectivity index (χ0n) is 17.9. The van der Waals surface area contributed by atoms with Gasteiger partial charge in [-0.25, -0.2) is 22.9 Å². The zero-order chi connectivity index (χ0) is 24.3. The number of carbonyl (C=O) groups is 2. The topological polar surface area (TPSA) is 102 Å². The first-order valence-electron chi connectivity index (χ1n) is 10.9. The molecule has 3 heterocycles. The molecule has 0 spiro atoms. The molecule has 1 aliphatic carbocycles. The zero-order valence-corrected chi connectivity index (χ0v) is 17.9. The molecule has 6 rings (SSSR count). The van der Waals surface area contributed by atoms with Gasteiger partial charge in [0.1, 0.15) is 29.2 Å². The number of benzene rings is 2. The minimum Gasteiger partial charge on any atom is -0.487 e. The van der Waals surface area contributed by atoms with Gasteiger partial charge in [-0.15, -0.1) is 0 Å². The summed E-state index contributed by atoms with van der Waals surface area (Å²) in [6, 6.07) is 7.62. The maximum atomic E-state index is 13.8. The average molecular weight is 482 g/mol. The normalized spacial score (nSPS) is 21.1. The van der Waals surface area contributed by atoms with E-state index in [1.165, 1.54) is 0 Å². The van der Waals surface area contributed by atoms with Crippen molar-refractivity contribution in [3.63, 3.8) is 0 Å². The summed E-state index contributed by atoms with van der Waals surface area (Å²) in [5.74, 6) is -2.41. The highest BCUT2D eigenvalue weighted by Crippen LogP contribution is 2.54. The van der Waals surface area contributed by atoms with Crippen LogP contribution in [0.3, 0.4) is 0 Å². The van der Waals surface area contributed by atoms with Crippen molar-refractivity contribution in [1.82, 2.24) is 10.3 Å². The summed E-state index contributed by atoms with van der Waals surface area (Å²) in [6.07, 6.45) is 2.12. The van der Waals surface area contributed by atoms with E-state index in [-0.39, 0.29) is 24.0 Å². The van der Waals surface area contributed by atoms with E-state index < -0.39 is 29.2 Å². The fourth-order valence-corrected chi connectivity index (χ4v) is 4.49. The second-order valence-electron chi connectivity index (χ2n) is 8.44. The highest BCUT2D eigenvalue weighted by Gasteiger charge is 2.59. The average Bonchev–Trinajstić information content (AvgIpc) is 3.35. The monoisotopic (exact) mass is 482 g/mol. The molecule has 2 aliphatic heterocycles. The van der Waals surface area contributed by atoms with Crippen LogP contribution in [0.4, 0.5) is 29.5 Å². The van der Waals surface area contributed by atoms with Crippen molar-refractivity contribution in [1.29, 1.82) is 0 Å². The number of urea groups is 1. The second-order valence-corrected chi connectivity index (χ2v) is 8.44. The van der Waals surface area contributed by atoms with Gasteiger partial charge in [0.05, 0.1) is 17.6 Å². The van der Waals surface area contributed by atoms with Crippen LogP contribution < -0.4 is 25.4 Å². The molecule has 3 aliphatic rings. The van der Waals surface area contributed by atoms with E-state index >= 15 is 0 Å². The number of fused-ring (bicyclic) bond motifs is 4. The molecule has 35 heavy (non-hydrogen) atoms. The van der Waals surface area contributed by atoms with Gasteiger partial charge in [0.25, 0.3) is 0 Å². The lowest BCUT2D eigenvalue weighted by Crippen LogP contribution is -2.34. The molecule has 3 atom stereocenters. The van der Waals surface area contributed by atoms with Crippen molar-refractivity contribution in [2.75, 3.05) is 10.6 Å². The van der Waals surface area contributed by atoms with Crippen molar-refractivity contribution in [3.05, 3.63) is 71.2 Å². The summed E-state index contributed by atoms with van der Waals surface area (Å²) in [7, 11) is 0. The van der Waals surface area contributed by atoms with Crippen LogP contribution in [-0.4, -0.2) is 29.1 Å². The molecule has 0 unspecified atom stereocenters. The van der Waals surface area contributed by atoms with Crippen LogP contribution in [0, 0.1) is 17.5 Å². The van der Waals surface area contributed by atoms with Gasteiger partial charge in [0.2, 0.25) is 5.91 Å². The fraction of sp³-hybridized carbons (Fsp3) is 0.208. The Kier molecular flexibility index (Phi) is 4.80. The first kappa shape index (κ1) is 21.3. The minimum atomic E-state index is -1.66. The molecule has 2 aromatic carbocycles. The molecule has 11 heteroatoms. The number of ether oxygens (including phenoxy) is 2. The Morgan fingerprint density at radius 3 is 2.83 bits per heavy atom. The standard InChI is InChI=1S/C24H17F3N4O4/c25-13-3-4-14(20(27)19(13)26)29-24(33)31-21-18-12-9-10(1-5-15(12)35-22(18)21)34-16-7-8-28-23-11(16)2-6-17(32)30-23/h1,3-5,7-9,18,21-22H,2,6H2,(H,28,30,32)(H2,29,31,33)/t18-,21-,22-/m0/s1. The number of hydrogen-bond acceptors (Lipinski definition) is 5. The van der Waals surface area contributed by atoms with Crippen LogP contribution >= 0.6 is 0 Å². The summed E-state index contributed by atoms with van der Waals surface area (Å²) in [4.78, 5) is 28.1. The third-order valence-electron chi connectivity index (χ3n) is 6.24. The first-order valence-corrected chi connectivity index (χ1v) is 10.9. The number of anilines is 2. The Hall–Kier alpha value is -4.28. The Morgan fingerprint density at radius 2 is 1.97 bits per heavy atom. The lowest BCUT2D eigenvalue weighted by molar-refractivity contribution is -0.116. The minimum absolute atomic E-state index is 0.0912. The van der Waals surface area contributed by atoms with E-state index in [1.54, 1.807) is 24.4 Å². The van der Waals surface area contributed by atoms with Crippen molar-refractivity contribution in [2.45, 2.75) is 30.9 Å². The first-order chi connectivity index (χ1) is 16.9. The van der Waals surface area contributed by atoms with Gasteiger partial charge in [-0.2, -0.15) is 0 Å². The fourth-order valence-electron chi connectivity index (χ4n) is 4.49. The third-order valence-corrected chi connectivity index (χ3v) is 6.24. The highest BCUT2D eigenvalue weighted by atomic mass is 19.2. The molecule has 0 saturated heterocycles. The van der Waals surface area contributed by atoms with Crippen LogP contribution in [0.15, 0.2) is 42.6 Å². The number of nitrogens with zero attached hydrogens (tertiary/aromatic N) is 1. The van der Waals surface area contributed by atoms with Gasteiger partial charge in [0, 0.05) is 23.7 Å². The Balaban J connectivity index is 1.15. The van der Waals surface area contributed by atoms with E-state index in [1.807, 2.05) is 6.07 Å². The Bertz CT molecular complexity index is 1400. The number of halogens is 3. The van der Waals surface area contributed by atoms with Gasteiger partial charge in [-0.1, -0.05) is 0 Å². The predicted octanol–water partition coefficient (Wildman–Crippen LogP) is 4.22. The summed E-state index contributed by atoms with van der Waals surface area (Å²) in [5.41, 5.74) is 1.18. The van der Waals surface area contributed by atoms with Gasteiger partial charge < -0.3 is 25.4 Å². The van der Waals surface area contributed by atoms with Crippen LogP contribution in [0.2, 0.25) is 0 Å². The van der Waals surface area contributed by atoms with Gasteiger partial charge in [-0.3, -0.25) is 4.79 Å². The summed E-state index contributed by atoms with van der Waals surface area (Å²) < 4.78 is 52.3. The Labute approximate surface area is 196 Å². The molecule has 0 radical (unpaired) electrons. The summed E-state index contributed by atoms with van der Waals surface area (Å²) in [5, 5.41) is 7.60. The van der Waals surface area contributed by atoms with Gasteiger partial charge in [-0.05, 0) is 42.8 Å². The molecule has 0 bridgehead atoms. The van der Waals surface area contributed by atoms with E-state index in [4.69, 9.17) is 9.47 Å². The molecule has 8 nitrogen and oxygen atoms in total. The van der Waals surface area contributed by atoms with E-state index in [0.29, 0.717) is 35.9 Å². The SMILES string of the molecule is O=C1CCc2c(Oc3ccc4c(c3)[C@H]3[C@H](NC(=O)Nc5ccc(F)c(F)c5F)[C@H]3O4)ccnc2N1. The molecule has 3 aromatic rings. The lowest BCUT2D eigenvalue weighted by Gasteiger charge is -2.19. The quantitative estimate of drug-likeness (QED) is 0.484. The van der Waals surface area contributed by atoms with Crippen molar-refractivity contribution < 1.29 is 32.2 Å². The highest BCUT2D eigenvalue weighted by molar-refractivity contribution is 5.93. The molecular formula is C24H17F3N4O4. The predicted molar refractivity (Wildman–Crippen MR) is 117 cm³/mol. The van der Waals surface area contributed by atoms with Crippen molar-refractivity contribution in [2.24, 2.45) is 0 Å². The molecule has 178 valence electrons.